The van der Waals surface area contributed by atoms with Crippen LogP contribution in [0.5, 0.6) is 5.75 Å². The smallest absolute Gasteiger partial charge is 0.338 e. The van der Waals surface area contributed by atoms with E-state index in [2.05, 4.69) is 4.98 Å². The van der Waals surface area contributed by atoms with Gasteiger partial charge in [-0.1, -0.05) is 42.5 Å². The fourth-order valence-corrected chi connectivity index (χ4v) is 3.37. The van der Waals surface area contributed by atoms with Crippen LogP contribution in [0.4, 0.5) is 0 Å². The summed E-state index contributed by atoms with van der Waals surface area (Å²) in [6.45, 7) is 2.10. The molecule has 1 unspecified atom stereocenters. The van der Waals surface area contributed by atoms with E-state index >= 15 is 0 Å². The highest BCUT2D eigenvalue weighted by molar-refractivity contribution is 5.92. The van der Waals surface area contributed by atoms with Crippen molar-refractivity contribution in [1.29, 1.82) is 0 Å². The van der Waals surface area contributed by atoms with Crippen LogP contribution in [0, 0.1) is 6.92 Å². The lowest BCUT2D eigenvalue weighted by Crippen LogP contribution is -2.12. The predicted octanol–water partition coefficient (Wildman–Crippen LogP) is 4.55. The highest BCUT2D eigenvalue weighted by atomic mass is 16.5. The van der Waals surface area contributed by atoms with E-state index in [9.17, 15) is 4.79 Å². The molecule has 1 aromatic heterocycles. The van der Waals surface area contributed by atoms with Gasteiger partial charge in [-0.05, 0) is 42.3 Å². The van der Waals surface area contributed by atoms with Crippen molar-refractivity contribution in [2.24, 2.45) is 5.73 Å². The summed E-state index contributed by atoms with van der Waals surface area (Å²) in [5.74, 6) is 0.704. The van der Waals surface area contributed by atoms with Crippen molar-refractivity contribution in [3.8, 4) is 5.75 Å². The normalized spacial score (nSPS) is 12.0. The summed E-state index contributed by atoms with van der Waals surface area (Å²) in [6.07, 6.45) is 0. The quantitative estimate of drug-likeness (QED) is 0.476. The molecule has 0 aliphatic carbocycles. The van der Waals surface area contributed by atoms with Crippen LogP contribution in [0.2, 0.25) is 0 Å². The number of methoxy groups -OCH3 is 1. The van der Waals surface area contributed by atoms with Gasteiger partial charge >= 0.3 is 5.97 Å². The number of aromatic nitrogens is 1. The molecule has 1 heterocycles. The third kappa shape index (κ3) is 3.90. The molecule has 0 aliphatic rings. The summed E-state index contributed by atoms with van der Waals surface area (Å²) in [5.41, 5.74) is 10.8. The van der Waals surface area contributed by atoms with Crippen LogP contribution >= 0.6 is 0 Å². The van der Waals surface area contributed by atoms with Crippen molar-refractivity contribution in [3.05, 3.63) is 94.9 Å². The minimum Gasteiger partial charge on any atom is -0.489 e. The number of fused-ring (bicyclic) bond motifs is 1. The molecule has 0 aliphatic heterocycles. The molecule has 0 amide bonds. The number of hydrogen-bond acceptors (Lipinski definition) is 6. The molecule has 6 heteroatoms. The number of carbonyl (C=O) groups excluding carboxylic acids is 1. The van der Waals surface area contributed by atoms with Crippen LogP contribution in [-0.2, 0) is 11.3 Å². The maximum atomic E-state index is 12.1. The van der Waals surface area contributed by atoms with E-state index in [4.69, 9.17) is 19.6 Å². The van der Waals surface area contributed by atoms with Crippen LogP contribution in [0.1, 0.15) is 39.0 Å². The van der Waals surface area contributed by atoms with Gasteiger partial charge in [0.1, 0.15) is 23.9 Å². The number of ether oxygens (including phenoxy) is 2. The van der Waals surface area contributed by atoms with E-state index in [0.717, 1.165) is 22.2 Å². The second kappa shape index (κ2) is 8.39. The van der Waals surface area contributed by atoms with Gasteiger partial charge < -0.3 is 19.6 Å². The van der Waals surface area contributed by atoms with E-state index in [1.165, 1.54) is 7.11 Å². The topological polar surface area (TPSA) is 87.6 Å². The second-order valence-corrected chi connectivity index (χ2v) is 6.96. The average Bonchev–Trinajstić information content (AvgIpc) is 3.21. The van der Waals surface area contributed by atoms with Crippen molar-refractivity contribution >= 4 is 17.1 Å². The summed E-state index contributed by atoms with van der Waals surface area (Å²) in [4.78, 5) is 16.6. The van der Waals surface area contributed by atoms with Crippen LogP contribution < -0.4 is 10.5 Å². The first-order chi connectivity index (χ1) is 14.6. The van der Waals surface area contributed by atoms with Crippen molar-refractivity contribution in [2.45, 2.75) is 19.6 Å². The van der Waals surface area contributed by atoms with Crippen molar-refractivity contribution < 1.29 is 18.7 Å². The van der Waals surface area contributed by atoms with Crippen molar-refractivity contribution in [1.82, 2.24) is 4.98 Å². The minimum atomic E-state index is -0.523. The van der Waals surface area contributed by atoms with Crippen molar-refractivity contribution in [3.63, 3.8) is 0 Å². The number of benzene rings is 3. The molecular weight excluding hydrogens is 380 g/mol. The third-order valence-corrected chi connectivity index (χ3v) is 4.94. The first kappa shape index (κ1) is 19.7. The minimum absolute atomic E-state index is 0.230. The van der Waals surface area contributed by atoms with Crippen LogP contribution in [0.25, 0.3) is 11.1 Å². The summed E-state index contributed by atoms with van der Waals surface area (Å²) in [7, 11) is 1.37. The zero-order chi connectivity index (χ0) is 21.1. The Kier molecular flexibility index (Phi) is 5.50. The average molecular weight is 402 g/mol. The van der Waals surface area contributed by atoms with Crippen LogP contribution in [0.3, 0.4) is 0 Å². The zero-order valence-electron chi connectivity index (χ0n) is 16.8. The highest BCUT2D eigenvalue weighted by Crippen LogP contribution is 2.26. The SMILES string of the molecule is COC(=O)c1c(C)cccc1COc1cccc(C(N)c2nc3ccccc3o2)c1. The molecule has 6 nitrogen and oxygen atoms in total. The number of carbonyl (C=O) groups is 1. The van der Waals surface area contributed by atoms with E-state index < -0.39 is 6.04 Å². The molecule has 0 bridgehead atoms. The molecule has 2 N–H and O–H groups in total. The number of hydrogen-bond donors (Lipinski definition) is 1. The molecule has 1 atom stereocenters. The molecule has 152 valence electrons. The summed E-state index contributed by atoms with van der Waals surface area (Å²) in [6, 6.07) is 20.1. The number of aryl methyl sites for hydroxylation is 1. The monoisotopic (exact) mass is 402 g/mol. The van der Waals surface area contributed by atoms with Gasteiger partial charge in [0.05, 0.1) is 12.7 Å². The molecule has 0 fully saturated rings. The third-order valence-electron chi connectivity index (χ3n) is 4.94. The van der Waals surface area contributed by atoms with Gasteiger partial charge in [-0.15, -0.1) is 0 Å². The molecule has 30 heavy (non-hydrogen) atoms. The fraction of sp³-hybridized carbons (Fsp3) is 0.167. The fourth-order valence-electron chi connectivity index (χ4n) is 3.37. The van der Waals surface area contributed by atoms with E-state index in [0.29, 0.717) is 22.8 Å². The standard InChI is InChI=1S/C24H22N2O4/c1-15-7-5-9-17(21(15)24(27)28-2)14-29-18-10-6-8-16(13-18)22(25)23-26-19-11-3-4-12-20(19)30-23/h3-13,22H,14,25H2,1-2H3. The number of esters is 1. The Balaban J connectivity index is 1.54. The summed E-state index contributed by atoms with van der Waals surface area (Å²) < 4.78 is 16.7. The van der Waals surface area contributed by atoms with E-state index in [1.807, 2.05) is 73.7 Å². The Hall–Kier alpha value is -3.64. The number of nitrogens with zero attached hydrogens (tertiary/aromatic N) is 1. The predicted molar refractivity (Wildman–Crippen MR) is 113 cm³/mol. The Bertz CT molecular complexity index is 1170. The lowest BCUT2D eigenvalue weighted by molar-refractivity contribution is 0.0597. The largest absolute Gasteiger partial charge is 0.489 e. The Morgan fingerprint density at radius 2 is 1.90 bits per heavy atom. The Morgan fingerprint density at radius 1 is 1.10 bits per heavy atom. The molecule has 0 spiro atoms. The number of para-hydroxylation sites is 2. The molecular formula is C24H22N2O4. The van der Waals surface area contributed by atoms with Gasteiger partial charge in [-0.3, -0.25) is 0 Å². The molecule has 4 aromatic rings. The molecule has 0 saturated carbocycles. The van der Waals surface area contributed by atoms with Gasteiger partial charge in [0.25, 0.3) is 0 Å². The van der Waals surface area contributed by atoms with Gasteiger partial charge in [-0.25, -0.2) is 9.78 Å². The number of rotatable bonds is 6. The molecule has 3 aromatic carbocycles. The van der Waals surface area contributed by atoms with Gasteiger partial charge in [0.15, 0.2) is 5.58 Å². The molecule has 0 saturated heterocycles. The van der Waals surface area contributed by atoms with Crippen LogP contribution in [-0.4, -0.2) is 18.1 Å². The molecule has 0 radical (unpaired) electrons. The lowest BCUT2D eigenvalue weighted by atomic mass is 10.0. The lowest BCUT2D eigenvalue weighted by Gasteiger charge is -2.14. The first-order valence-electron chi connectivity index (χ1n) is 9.57. The summed E-state index contributed by atoms with van der Waals surface area (Å²) in [5, 5.41) is 0. The zero-order valence-corrected chi connectivity index (χ0v) is 16.8. The maximum Gasteiger partial charge on any atom is 0.338 e. The Labute approximate surface area is 174 Å². The van der Waals surface area contributed by atoms with Gasteiger partial charge in [0.2, 0.25) is 5.89 Å². The summed E-state index contributed by atoms with van der Waals surface area (Å²) >= 11 is 0. The Morgan fingerprint density at radius 3 is 2.70 bits per heavy atom. The highest BCUT2D eigenvalue weighted by Gasteiger charge is 2.18. The van der Waals surface area contributed by atoms with Gasteiger partial charge in [0, 0.05) is 5.56 Å². The maximum absolute atomic E-state index is 12.1. The molecule has 4 rings (SSSR count). The van der Waals surface area contributed by atoms with Crippen LogP contribution in [0.15, 0.2) is 71.1 Å². The van der Waals surface area contributed by atoms with E-state index in [-0.39, 0.29) is 12.6 Å². The second-order valence-electron chi connectivity index (χ2n) is 6.96. The number of oxazole rings is 1. The number of nitrogens with two attached hydrogens (primary N) is 1. The first-order valence-corrected chi connectivity index (χ1v) is 9.57. The van der Waals surface area contributed by atoms with E-state index in [1.54, 1.807) is 0 Å². The van der Waals surface area contributed by atoms with Gasteiger partial charge in [-0.2, -0.15) is 0 Å². The van der Waals surface area contributed by atoms with Crippen molar-refractivity contribution in [2.75, 3.05) is 7.11 Å².